The summed E-state index contributed by atoms with van der Waals surface area (Å²) in [5.74, 6) is -25.2. The second-order valence-corrected chi connectivity index (χ2v) is 17.0. The van der Waals surface area contributed by atoms with Crippen molar-refractivity contribution in [1.82, 2.24) is 0 Å². The van der Waals surface area contributed by atoms with Gasteiger partial charge in [-0.15, -0.1) is 0 Å². The van der Waals surface area contributed by atoms with Crippen LogP contribution in [0.5, 0.6) is 0 Å². The number of rotatable bonds is 5. The summed E-state index contributed by atoms with van der Waals surface area (Å²) in [6.07, 6.45) is -30.5. The molecule has 0 N–H and O–H groups in total. The number of hydrogen-bond acceptors (Lipinski definition) is 4. The van der Waals surface area contributed by atoms with Gasteiger partial charge in [0, 0.05) is 6.42 Å². The SMILES string of the molecule is O=S(=O)(CC(C(F)(F)F)(C(F)(F)F)C(F)(F)F)/C(=C1\C(F)=C(F)c2c(F)c(F)c(F)c(F)c2[C-]1F)S(=O)(=O)C12CC3CC(CC(F)(C3)C1)C2. The van der Waals surface area contributed by atoms with E-state index in [9.17, 15) is 73.9 Å². The van der Waals surface area contributed by atoms with E-state index in [0.29, 0.717) is 0 Å². The lowest BCUT2D eigenvalue weighted by molar-refractivity contribution is -0.418. The van der Waals surface area contributed by atoms with E-state index in [4.69, 9.17) is 0 Å². The fourth-order valence-electron chi connectivity index (χ4n) is 7.78. The highest BCUT2D eigenvalue weighted by molar-refractivity contribution is 8.15. The molecular formula is C26H16F17O4S2-. The Bertz CT molecular complexity index is 1860. The van der Waals surface area contributed by atoms with Gasteiger partial charge in [0.1, 0.15) is 27.4 Å². The standard InChI is InChI=1S/C26H16F17O4S2/c27-13-10-11(16(30)19(33)18(32)15(10)29)14(28)17(31)12(13)20(48(44,45)7-23(24(35,36)37,25(38,39)40)26(41,42)43)49(46,47)22-4-8-1-9(5-22)3-21(34,2-8)6-22/h8-9H,1-7H2/q-1/b20-12+. The topological polar surface area (TPSA) is 68.3 Å². The molecule has 6 rings (SSSR count). The van der Waals surface area contributed by atoms with Gasteiger partial charge in [-0.05, 0) is 60.6 Å². The summed E-state index contributed by atoms with van der Waals surface area (Å²) in [5.41, 5.74) is -18.4. The molecular weight excluding hydrogens is 763 g/mol. The molecule has 0 aromatic heterocycles. The number of hydrogen-bond donors (Lipinski definition) is 0. The molecule has 0 aliphatic heterocycles. The molecule has 49 heavy (non-hydrogen) atoms. The van der Waals surface area contributed by atoms with Crippen LogP contribution in [-0.4, -0.2) is 51.5 Å². The fourth-order valence-corrected chi connectivity index (χ4v) is 13.7. The van der Waals surface area contributed by atoms with E-state index in [1.807, 2.05) is 0 Å². The summed E-state index contributed by atoms with van der Waals surface area (Å²) in [6, 6.07) is 0. The summed E-state index contributed by atoms with van der Waals surface area (Å²) in [7, 11) is -14.4. The molecule has 4 nitrogen and oxygen atoms in total. The first-order valence-electron chi connectivity index (χ1n) is 13.5. The van der Waals surface area contributed by atoms with Gasteiger partial charge in [-0.1, -0.05) is 0 Å². The first-order chi connectivity index (χ1) is 21.9. The Hall–Kier alpha value is -2.72. The Labute approximate surface area is 263 Å². The third-order valence-electron chi connectivity index (χ3n) is 9.43. The highest BCUT2D eigenvalue weighted by atomic mass is 32.3. The molecule has 5 aliphatic carbocycles. The number of fused-ring (bicyclic) bond motifs is 1. The highest BCUT2D eigenvalue weighted by Gasteiger charge is 2.85. The summed E-state index contributed by atoms with van der Waals surface area (Å²) in [4.78, 5) is 0. The summed E-state index contributed by atoms with van der Waals surface area (Å²) in [6.45, 7) is 0. The van der Waals surface area contributed by atoms with Gasteiger partial charge < -0.3 is 0 Å². The van der Waals surface area contributed by atoms with Gasteiger partial charge in [0.2, 0.25) is 0 Å². The maximum Gasteiger partial charge on any atom is 0.413 e. The third kappa shape index (κ3) is 5.07. The van der Waals surface area contributed by atoms with E-state index in [-0.39, 0.29) is 6.42 Å². The number of allylic oxidation sites excluding steroid dienone is 2. The predicted molar refractivity (Wildman–Crippen MR) is 130 cm³/mol. The van der Waals surface area contributed by atoms with Crippen molar-refractivity contribution in [3.8, 4) is 0 Å². The monoisotopic (exact) mass is 779 g/mol. The maximum atomic E-state index is 16.0. The van der Waals surface area contributed by atoms with Gasteiger partial charge in [0.15, 0.2) is 31.3 Å². The zero-order valence-electron chi connectivity index (χ0n) is 23.5. The maximum absolute atomic E-state index is 16.0. The molecule has 1 aromatic rings. The first kappa shape index (κ1) is 37.5. The molecule has 0 saturated heterocycles. The molecule has 4 fully saturated rings. The second-order valence-electron chi connectivity index (χ2n) is 12.6. The molecule has 0 amide bonds. The van der Waals surface area contributed by atoms with Gasteiger partial charge >= 0.3 is 18.5 Å². The van der Waals surface area contributed by atoms with Crippen LogP contribution in [0.1, 0.15) is 49.7 Å². The number of sulfone groups is 2. The Morgan fingerprint density at radius 1 is 0.694 bits per heavy atom. The van der Waals surface area contributed by atoms with Gasteiger partial charge in [0.05, 0.1) is 22.5 Å². The normalized spacial score (nSPS) is 29.1. The van der Waals surface area contributed by atoms with Crippen LogP contribution in [0, 0.1) is 46.7 Å². The molecule has 23 heteroatoms. The van der Waals surface area contributed by atoms with Crippen LogP contribution in [-0.2, 0) is 19.7 Å². The number of halogens is 17. The Balaban J connectivity index is 1.93. The molecule has 0 spiro atoms. The second kappa shape index (κ2) is 10.7. The number of alkyl halides is 10. The van der Waals surface area contributed by atoms with E-state index in [1.54, 1.807) is 0 Å². The zero-order chi connectivity index (χ0) is 37.5. The van der Waals surface area contributed by atoms with Crippen LogP contribution >= 0.6 is 0 Å². The Kier molecular flexibility index (Phi) is 8.16. The van der Waals surface area contributed by atoms with Crippen LogP contribution in [0.3, 0.4) is 0 Å². The van der Waals surface area contributed by atoms with Crippen molar-refractivity contribution in [2.45, 2.75) is 67.5 Å². The molecule has 1 aromatic carbocycles. The lowest BCUT2D eigenvalue weighted by Gasteiger charge is -2.58. The highest BCUT2D eigenvalue weighted by Crippen LogP contribution is 2.65. The molecule has 4 saturated carbocycles. The van der Waals surface area contributed by atoms with Gasteiger partial charge in [0.25, 0.3) is 5.41 Å². The minimum absolute atomic E-state index is 0.00695. The Morgan fingerprint density at radius 2 is 1.14 bits per heavy atom. The lowest BCUT2D eigenvalue weighted by Crippen LogP contribution is -2.64. The molecule has 2 atom stereocenters. The van der Waals surface area contributed by atoms with Crippen LogP contribution < -0.4 is 0 Å². The van der Waals surface area contributed by atoms with E-state index in [1.165, 1.54) is 0 Å². The largest absolute Gasteiger partial charge is 0.413 e. The molecule has 5 aliphatic rings. The van der Waals surface area contributed by atoms with Crippen molar-refractivity contribution in [2.75, 3.05) is 5.75 Å². The van der Waals surface area contributed by atoms with Crippen LogP contribution in [0.15, 0.2) is 15.6 Å². The number of benzene rings is 1. The quantitative estimate of drug-likeness (QED) is 0.130. The average molecular weight is 780 g/mol. The first-order valence-corrected chi connectivity index (χ1v) is 16.6. The van der Waals surface area contributed by atoms with Crippen LogP contribution in [0.2, 0.25) is 0 Å². The summed E-state index contributed by atoms with van der Waals surface area (Å²) < 4.78 is 293. The van der Waals surface area contributed by atoms with Crippen molar-refractivity contribution >= 4 is 25.5 Å². The molecule has 0 radical (unpaired) electrons. The van der Waals surface area contributed by atoms with Gasteiger partial charge in [-0.2, -0.15) is 39.5 Å². The molecule has 276 valence electrons. The van der Waals surface area contributed by atoms with E-state index in [2.05, 4.69) is 0 Å². The lowest BCUT2D eigenvalue weighted by atomic mass is 9.54. The van der Waals surface area contributed by atoms with Crippen LogP contribution in [0.4, 0.5) is 74.6 Å². The molecule has 0 heterocycles. The van der Waals surface area contributed by atoms with Crippen molar-refractivity contribution in [3.05, 3.63) is 56.2 Å². The summed E-state index contributed by atoms with van der Waals surface area (Å²) >= 11 is 0. The zero-order valence-corrected chi connectivity index (χ0v) is 25.1. The van der Waals surface area contributed by atoms with E-state index >= 15 is 17.6 Å². The molecule has 4 bridgehead atoms. The van der Waals surface area contributed by atoms with E-state index < -0.39 is 166 Å². The van der Waals surface area contributed by atoms with E-state index in [0.717, 1.165) is 0 Å². The van der Waals surface area contributed by atoms with Crippen LogP contribution in [0.25, 0.3) is 5.83 Å². The predicted octanol–water partition coefficient (Wildman–Crippen LogP) is 8.49. The summed E-state index contributed by atoms with van der Waals surface area (Å²) in [5, 5.41) is 0. The Morgan fingerprint density at radius 3 is 1.57 bits per heavy atom. The third-order valence-corrected chi connectivity index (χ3v) is 14.7. The van der Waals surface area contributed by atoms with Gasteiger partial charge in [-0.3, -0.25) is 8.78 Å². The van der Waals surface area contributed by atoms with Crippen molar-refractivity contribution in [3.63, 3.8) is 0 Å². The fraction of sp³-hybridized carbons (Fsp3) is 0.577. The van der Waals surface area contributed by atoms with Crippen molar-refractivity contribution in [1.29, 1.82) is 0 Å². The minimum Gasteiger partial charge on any atom is -0.254 e. The van der Waals surface area contributed by atoms with Crippen molar-refractivity contribution in [2.24, 2.45) is 17.3 Å². The minimum atomic E-state index is -7.73. The average Bonchev–Trinajstić information content (AvgIpc) is 2.89. The molecule has 2 unspecified atom stereocenters. The van der Waals surface area contributed by atoms with Gasteiger partial charge in [-0.25, -0.2) is 43.2 Å². The van der Waals surface area contributed by atoms with Crippen molar-refractivity contribution < 1.29 is 91.5 Å². The smallest absolute Gasteiger partial charge is 0.254 e.